The Morgan fingerprint density at radius 2 is 1.16 bits per heavy atom. The van der Waals surface area contributed by atoms with Gasteiger partial charge in [-0.15, -0.1) is 0 Å². The monoisotopic (exact) mass is 788 g/mol. The van der Waals surface area contributed by atoms with Gasteiger partial charge in [0.05, 0.1) is 26.4 Å². The molecule has 2 unspecified atom stereocenters. The molecule has 1 N–H and O–H groups in total. The molecule has 55 heavy (non-hydrogen) atoms. The van der Waals surface area contributed by atoms with Crippen molar-refractivity contribution >= 4 is 34.9 Å². The summed E-state index contributed by atoms with van der Waals surface area (Å²) >= 11 is 4.82. The van der Waals surface area contributed by atoms with Gasteiger partial charge < -0.3 is 48.4 Å². The number of amides is 3. The molecule has 2 aromatic carbocycles. The summed E-state index contributed by atoms with van der Waals surface area (Å²) in [6.07, 6.45) is 1.51. The lowest BCUT2D eigenvalue weighted by atomic mass is 9.90. The molecule has 4 aliphatic rings. The van der Waals surface area contributed by atoms with Gasteiger partial charge in [0.2, 0.25) is 11.1 Å². The minimum Gasteiger partial charge on any atom is -0.445 e. The second kappa shape index (κ2) is 22.1. The van der Waals surface area contributed by atoms with Crippen LogP contribution in [0.2, 0.25) is 0 Å². The lowest BCUT2D eigenvalue weighted by Crippen LogP contribution is -2.57. The molecule has 4 saturated heterocycles. The second-order valence-electron chi connectivity index (χ2n) is 13.8. The number of hydrogen-bond donors (Lipinski definition) is 1. The number of nitrogens with zero attached hydrogens (tertiary/aromatic N) is 3. The molecule has 3 amide bonds. The summed E-state index contributed by atoms with van der Waals surface area (Å²) in [7, 11) is 3.68. The maximum atomic E-state index is 12.5. The summed E-state index contributed by atoms with van der Waals surface area (Å²) in [6.45, 7) is 9.77. The molecule has 4 fully saturated rings. The minimum absolute atomic E-state index is 0.0620. The summed E-state index contributed by atoms with van der Waals surface area (Å²) in [5.41, 5.74) is 1.94. The lowest BCUT2D eigenvalue weighted by Gasteiger charge is -2.44. The molecular weight excluding hydrogens is 732 g/mol. The van der Waals surface area contributed by atoms with E-state index in [1.54, 1.807) is 28.7 Å². The third-order valence-electron chi connectivity index (χ3n) is 10.0. The summed E-state index contributed by atoms with van der Waals surface area (Å²) < 4.78 is 34.5. The highest BCUT2D eigenvalue weighted by atomic mass is 35.5. The first-order valence-corrected chi connectivity index (χ1v) is 19.5. The molecule has 0 aromatic heterocycles. The van der Waals surface area contributed by atoms with Crippen molar-refractivity contribution in [1.29, 1.82) is 0 Å². The zero-order chi connectivity index (χ0) is 39.7. The van der Waals surface area contributed by atoms with Crippen LogP contribution in [0, 0.1) is 11.8 Å². The average Bonchev–Trinajstić information content (AvgIpc) is 3.90. The molecule has 304 valence electrons. The summed E-state index contributed by atoms with van der Waals surface area (Å²) in [6, 6.07) is 19.3. The molecule has 0 radical (unpaired) electrons. The molecule has 14 nitrogen and oxygen atoms in total. The van der Waals surface area contributed by atoms with Crippen molar-refractivity contribution in [2.45, 2.75) is 64.3 Å². The lowest BCUT2D eigenvalue weighted by molar-refractivity contribution is -0.221. The van der Waals surface area contributed by atoms with Crippen LogP contribution in [0.4, 0.5) is 9.59 Å². The first kappa shape index (κ1) is 43.9. The highest BCUT2D eigenvalue weighted by Crippen LogP contribution is 2.38. The molecule has 2 spiro atoms. The van der Waals surface area contributed by atoms with Gasteiger partial charge in [0.25, 0.3) is 0 Å². The van der Waals surface area contributed by atoms with Crippen molar-refractivity contribution in [3.05, 3.63) is 71.8 Å². The highest BCUT2D eigenvalue weighted by molar-refractivity contribution is 6.63. The Morgan fingerprint density at radius 1 is 0.745 bits per heavy atom. The number of carbonyl (C=O) groups excluding carboxylic acids is 4. The van der Waals surface area contributed by atoms with E-state index in [1.165, 1.54) is 0 Å². The maximum absolute atomic E-state index is 12.5. The third-order valence-corrected chi connectivity index (χ3v) is 10.3. The summed E-state index contributed by atoms with van der Waals surface area (Å²) in [4.78, 5) is 51.6. The van der Waals surface area contributed by atoms with E-state index in [-0.39, 0.29) is 41.8 Å². The third kappa shape index (κ3) is 12.9. The van der Waals surface area contributed by atoms with Gasteiger partial charge >= 0.3 is 12.2 Å². The normalized spacial score (nSPS) is 20.8. The van der Waals surface area contributed by atoms with Crippen LogP contribution in [0.15, 0.2) is 60.7 Å². The van der Waals surface area contributed by atoms with Crippen LogP contribution >= 0.6 is 11.6 Å². The second-order valence-corrected chi connectivity index (χ2v) is 14.2. The molecule has 2 atom stereocenters. The average molecular weight is 789 g/mol. The Balaban J connectivity index is 0.000000220. The van der Waals surface area contributed by atoms with E-state index in [0.29, 0.717) is 91.4 Å². The molecule has 0 aliphatic carbocycles. The van der Waals surface area contributed by atoms with E-state index in [2.05, 4.69) is 5.32 Å². The quantitative estimate of drug-likeness (QED) is 0.324. The molecular formula is C40H57ClN4O10. The van der Waals surface area contributed by atoms with Crippen LogP contribution < -0.4 is 5.32 Å². The van der Waals surface area contributed by atoms with E-state index >= 15 is 0 Å². The van der Waals surface area contributed by atoms with Gasteiger partial charge in [0.1, 0.15) is 13.2 Å². The number of piperidine rings is 2. The van der Waals surface area contributed by atoms with Crippen molar-refractivity contribution in [3.8, 4) is 0 Å². The van der Waals surface area contributed by atoms with Crippen LogP contribution in [-0.2, 0) is 51.2 Å². The maximum Gasteiger partial charge on any atom is 0.410 e. The SMILES string of the molecule is CCC(=O)Cl.CCC(=O)N(C)CC1CN(C(=O)OCc2ccccc2)CCC12OCCO2.CNCC1CN(C(=O)OCc2ccccc2)CCC12OCCO2. The number of hydrogen-bond acceptors (Lipinski definition) is 11. The van der Waals surface area contributed by atoms with Gasteiger partial charge in [-0.3, -0.25) is 9.59 Å². The molecule has 6 rings (SSSR count). The van der Waals surface area contributed by atoms with Gasteiger partial charge in [-0.2, -0.15) is 0 Å². The number of halogens is 1. The molecule has 4 heterocycles. The van der Waals surface area contributed by atoms with Crippen molar-refractivity contribution < 1.29 is 47.6 Å². The Hall–Kier alpha value is -3.79. The van der Waals surface area contributed by atoms with Gasteiger partial charge in [0.15, 0.2) is 11.6 Å². The van der Waals surface area contributed by atoms with Gasteiger partial charge in [-0.1, -0.05) is 74.5 Å². The Bertz CT molecular complexity index is 1490. The fraction of sp³-hybridized carbons (Fsp3) is 0.600. The number of ether oxygens (including phenoxy) is 6. The summed E-state index contributed by atoms with van der Waals surface area (Å²) in [5.74, 6) is -1.20. The Kier molecular flexibility index (Phi) is 17.6. The molecule has 2 aromatic rings. The van der Waals surface area contributed by atoms with E-state index < -0.39 is 11.6 Å². The highest BCUT2D eigenvalue weighted by Gasteiger charge is 2.50. The standard InChI is InChI=1S/C20H28N2O5.C17H24N2O4.C3H5ClO/c1-3-18(23)21(2)13-17-14-22(10-9-20(17)26-11-12-27-20)19(24)25-15-16-7-5-4-6-8-16;1-18-11-15-12-19(8-7-17(15)22-9-10-23-17)16(20)21-13-14-5-3-2-4-6-14;1-2-3(4)5/h4-8,17H,3,9-15H2,1-2H3;2-6,15,18H,7-13H2,1H3;2H2,1H3. The first-order valence-electron chi connectivity index (χ1n) is 19.1. The van der Waals surface area contributed by atoms with Crippen LogP contribution in [-0.4, -0.2) is 129 Å². The van der Waals surface area contributed by atoms with Crippen molar-refractivity contribution in [1.82, 2.24) is 20.0 Å². The van der Waals surface area contributed by atoms with Crippen molar-refractivity contribution in [3.63, 3.8) is 0 Å². The smallest absolute Gasteiger partial charge is 0.410 e. The number of likely N-dealkylation sites (tertiary alicyclic amines) is 2. The molecule has 0 bridgehead atoms. The van der Waals surface area contributed by atoms with Crippen molar-refractivity contribution in [2.24, 2.45) is 11.8 Å². The predicted octanol–water partition coefficient (Wildman–Crippen LogP) is 5.03. The van der Waals surface area contributed by atoms with E-state index in [1.807, 2.05) is 74.6 Å². The number of nitrogens with one attached hydrogen (secondary N) is 1. The van der Waals surface area contributed by atoms with Crippen LogP contribution in [0.3, 0.4) is 0 Å². The largest absolute Gasteiger partial charge is 0.445 e. The van der Waals surface area contributed by atoms with E-state index in [9.17, 15) is 19.2 Å². The zero-order valence-electron chi connectivity index (χ0n) is 32.5. The fourth-order valence-electron chi connectivity index (χ4n) is 7.00. The van der Waals surface area contributed by atoms with Crippen LogP contribution in [0.25, 0.3) is 0 Å². The first-order chi connectivity index (χ1) is 26.5. The minimum atomic E-state index is -0.710. The number of rotatable bonds is 10. The number of benzene rings is 2. The molecule has 15 heteroatoms. The Labute approximate surface area is 329 Å². The van der Waals surface area contributed by atoms with Gasteiger partial charge in [-0.05, 0) is 29.8 Å². The predicted molar refractivity (Wildman–Crippen MR) is 205 cm³/mol. The van der Waals surface area contributed by atoms with Gasteiger partial charge in [0, 0.05) is 83.8 Å². The topological polar surface area (TPSA) is 145 Å². The molecule has 4 aliphatic heterocycles. The zero-order valence-corrected chi connectivity index (χ0v) is 33.3. The van der Waals surface area contributed by atoms with E-state index in [0.717, 1.165) is 17.7 Å². The number of carbonyl (C=O) groups is 4. The van der Waals surface area contributed by atoms with E-state index in [4.69, 9.17) is 40.0 Å². The van der Waals surface area contributed by atoms with Crippen LogP contribution in [0.5, 0.6) is 0 Å². The van der Waals surface area contributed by atoms with Crippen LogP contribution in [0.1, 0.15) is 50.7 Å². The van der Waals surface area contributed by atoms with Crippen molar-refractivity contribution in [2.75, 3.05) is 79.8 Å². The summed E-state index contributed by atoms with van der Waals surface area (Å²) in [5, 5.41) is 2.89. The Morgan fingerprint density at radius 3 is 1.56 bits per heavy atom. The molecule has 0 saturated carbocycles. The van der Waals surface area contributed by atoms with Gasteiger partial charge in [-0.25, -0.2) is 9.59 Å². The fourth-order valence-corrected chi connectivity index (χ4v) is 7.00.